The lowest BCUT2D eigenvalue weighted by molar-refractivity contribution is 0.0438. The number of aliphatic hydroxyl groups is 3. The van der Waals surface area contributed by atoms with Gasteiger partial charge in [0.1, 0.15) is 0 Å². The third-order valence-corrected chi connectivity index (χ3v) is 3.65. The fourth-order valence-electron chi connectivity index (χ4n) is 2.61. The highest BCUT2D eigenvalue weighted by Gasteiger charge is 2.43. The Morgan fingerprint density at radius 2 is 2.11 bits per heavy atom. The lowest BCUT2D eigenvalue weighted by Crippen LogP contribution is -2.35. The van der Waals surface area contributed by atoms with E-state index in [1.807, 2.05) is 13.2 Å². The van der Waals surface area contributed by atoms with Crippen molar-refractivity contribution in [2.45, 2.75) is 31.6 Å². The molecular formula is C12H21N3O3. The topological polar surface area (TPSA) is 90.5 Å². The van der Waals surface area contributed by atoms with Crippen LogP contribution >= 0.6 is 0 Å². The lowest BCUT2D eigenvalue weighted by Gasteiger charge is -2.26. The maximum absolute atomic E-state index is 9.58. The minimum Gasteiger partial charge on any atom is -0.396 e. The molecule has 0 spiro atoms. The van der Waals surface area contributed by atoms with Crippen molar-refractivity contribution in [2.24, 2.45) is 12.5 Å². The predicted octanol–water partition coefficient (Wildman–Crippen LogP) is -0.996. The monoisotopic (exact) mass is 255 g/mol. The zero-order chi connectivity index (χ0) is 13.2. The van der Waals surface area contributed by atoms with Crippen LogP contribution in [0.5, 0.6) is 0 Å². The third-order valence-electron chi connectivity index (χ3n) is 3.65. The smallest absolute Gasteiger partial charge is 0.0806 e. The van der Waals surface area contributed by atoms with Crippen molar-refractivity contribution in [2.75, 3.05) is 13.2 Å². The van der Waals surface area contributed by atoms with Crippen LogP contribution in [0.15, 0.2) is 12.4 Å². The maximum atomic E-state index is 9.58. The summed E-state index contributed by atoms with van der Waals surface area (Å²) in [7, 11) is 1.86. The molecule has 0 radical (unpaired) electrons. The number of aliphatic hydroxyl groups excluding tert-OH is 3. The molecule has 1 aliphatic carbocycles. The van der Waals surface area contributed by atoms with Gasteiger partial charge < -0.3 is 20.6 Å². The van der Waals surface area contributed by atoms with Crippen LogP contribution < -0.4 is 5.32 Å². The third kappa shape index (κ3) is 2.89. The maximum Gasteiger partial charge on any atom is 0.0806 e. The molecule has 0 amide bonds. The Bertz CT molecular complexity index is 384. The van der Waals surface area contributed by atoms with Gasteiger partial charge in [0, 0.05) is 37.3 Å². The summed E-state index contributed by atoms with van der Waals surface area (Å²) in [6.07, 6.45) is 3.14. The number of aryl methyl sites for hydroxylation is 1. The van der Waals surface area contributed by atoms with Crippen LogP contribution in [0.2, 0.25) is 0 Å². The summed E-state index contributed by atoms with van der Waals surface area (Å²) in [5.41, 5.74) is 0.658. The zero-order valence-electron chi connectivity index (χ0n) is 10.6. The number of hydrogen-bond donors (Lipinski definition) is 4. The summed E-state index contributed by atoms with van der Waals surface area (Å²) < 4.78 is 1.74. The Morgan fingerprint density at radius 1 is 1.44 bits per heavy atom. The van der Waals surface area contributed by atoms with Crippen molar-refractivity contribution in [1.29, 1.82) is 0 Å². The Balaban J connectivity index is 1.85. The molecule has 0 aliphatic heterocycles. The predicted molar refractivity (Wildman–Crippen MR) is 65.7 cm³/mol. The van der Waals surface area contributed by atoms with Gasteiger partial charge in [-0.15, -0.1) is 0 Å². The minimum absolute atomic E-state index is 0.0266. The molecule has 3 atom stereocenters. The second-order valence-electron chi connectivity index (χ2n) is 5.33. The van der Waals surface area contributed by atoms with Crippen molar-refractivity contribution >= 4 is 0 Å². The van der Waals surface area contributed by atoms with Crippen LogP contribution in [0.3, 0.4) is 0 Å². The van der Waals surface area contributed by atoms with Crippen molar-refractivity contribution in [3.05, 3.63) is 18.0 Å². The van der Waals surface area contributed by atoms with E-state index in [4.69, 9.17) is 0 Å². The van der Waals surface area contributed by atoms with Gasteiger partial charge in [-0.05, 0) is 12.8 Å². The van der Waals surface area contributed by atoms with E-state index in [2.05, 4.69) is 10.4 Å². The van der Waals surface area contributed by atoms with E-state index in [0.29, 0.717) is 25.9 Å². The average Bonchev–Trinajstić information content (AvgIpc) is 2.85. The zero-order valence-corrected chi connectivity index (χ0v) is 10.6. The number of hydrogen-bond acceptors (Lipinski definition) is 5. The fourth-order valence-corrected chi connectivity index (χ4v) is 2.61. The Labute approximate surface area is 106 Å². The van der Waals surface area contributed by atoms with Gasteiger partial charge in [-0.2, -0.15) is 5.10 Å². The molecule has 1 aliphatic rings. The summed E-state index contributed by atoms with van der Waals surface area (Å²) >= 11 is 0. The second kappa shape index (κ2) is 5.36. The van der Waals surface area contributed by atoms with Crippen molar-refractivity contribution in [3.63, 3.8) is 0 Å². The molecule has 102 valence electrons. The molecular weight excluding hydrogens is 234 g/mol. The summed E-state index contributed by atoms with van der Waals surface area (Å²) in [5.74, 6) is 0. The molecule has 4 N–H and O–H groups in total. The van der Waals surface area contributed by atoms with E-state index in [-0.39, 0.29) is 6.61 Å². The highest BCUT2D eigenvalue weighted by atomic mass is 16.3. The van der Waals surface area contributed by atoms with Crippen LogP contribution in [0.4, 0.5) is 0 Å². The molecule has 1 fully saturated rings. The molecule has 0 aromatic carbocycles. The van der Waals surface area contributed by atoms with Gasteiger partial charge >= 0.3 is 0 Å². The quantitative estimate of drug-likeness (QED) is 0.542. The summed E-state index contributed by atoms with van der Waals surface area (Å²) in [5, 5.41) is 36.0. The van der Waals surface area contributed by atoms with Gasteiger partial charge in [0.05, 0.1) is 25.0 Å². The van der Waals surface area contributed by atoms with Crippen LogP contribution in [-0.2, 0) is 13.6 Å². The Morgan fingerprint density at radius 3 is 2.61 bits per heavy atom. The van der Waals surface area contributed by atoms with Gasteiger partial charge in [0.25, 0.3) is 0 Å². The van der Waals surface area contributed by atoms with E-state index in [0.717, 1.165) is 5.56 Å². The van der Waals surface area contributed by atoms with Gasteiger partial charge in [0.15, 0.2) is 0 Å². The molecule has 1 aromatic rings. The molecule has 6 nitrogen and oxygen atoms in total. The molecule has 0 bridgehead atoms. The van der Waals surface area contributed by atoms with Crippen molar-refractivity contribution < 1.29 is 15.3 Å². The summed E-state index contributed by atoms with van der Waals surface area (Å²) in [6, 6.07) is 0. The second-order valence-corrected chi connectivity index (χ2v) is 5.33. The molecule has 0 saturated heterocycles. The van der Waals surface area contributed by atoms with Gasteiger partial charge in [-0.3, -0.25) is 4.68 Å². The van der Waals surface area contributed by atoms with Gasteiger partial charge in [-0.25, -0.2) is 0 Å². The summed E-state index contributed by atoms with van der Waals surface area (Å²) in [6.45, 7) is 1.22. The molecule has 1 heterocycles. The fraction of sp³-hybridized carbons (Fsp3) is 0.750. The Hall–Kier alpha value is -0.950. The number of nitrogens with one attached hydrogen (secondary N) is 1. The van der Waals surface area contributed by atoms with E-state index in [1.165, 1.54) is 0 Å². The number of rotatable bonds is 5. The Kier molecular flexibility index (Phi) is 4.01. The molecule has 1 saturated carbocycles. The largest absolute Gasteiger partial charge is 0.396 e. The highest BCUT2D eigenvalue weighted by molar-refractivity contribution is 5.03. The van der Waals surface area contributed by atoms with E-state index < -0.39 is 17.6 Å². The van der Waals surface area contributed by atoms with Crippen LogP contribution in [0, 0.1) is 5.41 Å². The molecule has 18 heavy (non-hydrogen) atoms. The molecule has 6 heteroatoms. The SMILES string of the molecule is Cn1cc(CNCC2(CO)C[C@@H](O)[C@@H](O)C2)cn1. The number of aromatic nitrogens is 2. The highest BCUT2D eigenvalue weighted by Crippen LogP contribution is 2.37. The van der Waals surface area contributed by atoms with Gasteiger partial charge in [-0.1, -0.05) is 0 Å². The lowest BCUT2D eigenvalue weighted by atomic mass is 9.87. The van der Waals surface area contributed by atoms with Crippen LogP contribution in [0.25, 0.3) is 0 Å². The van der Waals surface area contributed by atoms with Crippen LogP contribution in [0.1, 0.15) is 18.4 Å². The summed E-state index contributed by atoms with van der Waals surface area (Å²) in [4.78, 5) is 0. The van der Waals surface area contributed by atoms with E-state index >= 15 is 0 Å². The first-order valence-corrected chi connectivity index (χ1v) is 6.20. The standard InChI is InChI=1S/C12H21N3O3/c1-15-6-9(5-14-15)4-13-7-12(8-16)2-10(17)11(18)3-12/h5-6,10-11,13,16-18H,2-4,7-8H2,1H3/t10-,11+,12?. The minimum atomic E-state index is -0.725. The normalized spacial score (nSPS) is 32.0. The van der Waals surface area contributed by atoms with Crippen LogP contribution in [-0.4, -0.2) is 50.5 Å². The van der Waals surface area contributed by atoms with E-state index in [9.17, 15) is 15.3 Å². The first kappa shape index (κ1) is 13.5. The first-order chi connectivity index (χ1) is 8.54. The molecule has 2 rings (SSSR count). The van der Waals surface area contributed by atoms with Crippen molar-refractivity contribution in [3.8, 4) is 0 Å². The molecule has 1 unspecified atom stereocenters. The molecule has 1 aromatic heterocycles. The van der Waals surface area contributed by atoms with E-state index in [1.54, 1.807) is 10.9 Å². The number of nitrogens with zero attached hydrogens (tertiary/aromatic N) is 2. The van der Waals surface area contributed by atoms with Gasteiger partial charge in [0.2, 0.25) is 0 Å². The average molecular weight is 255 g/mol. The van der Waals surface area contributed by atoms with Crippen molar-refractivity contribution in [1.82, 2.24) is 15.1 Å². The first-order valence-electron chi connectivity index (χ1n) is 6.20.